The summed E-state index contributed by atoms with van der Waals surface area (Å²) in [6.07, 6.45) is 1.63. The first kappa shape index (κ1) is 24.3. The first-order chi connectivity index (χ1) is 16.7. The van der Waals surface area contributed by atoms with Gasteiger partial charge in [0.15, 0.2) is 11.5 Å². The number of aromatic nitrogens is 2. The number of halogens is 1. The first-order valence-corrected chi connectivity index (χ1v) is 12.3. The van der Waals surface area contributed by atoms with E-state index in [9.17, 15) is 13.2 Å². The van der Waals surface area contributed by atoms with Crippen LogP contribution in [0.1, 0.15) is 11.1 Å². The van der Waals surface area contributed by atoms with Crippen molar-refractivity contribution in [2.24, 2.45) is 5.14 Å². The molecule has 0 saturated carbocycles. The maximum absolute atomic E-state index is 13.1. The zero-order valence-corrected chi connectivity index (χ0v) is 20.3. The molecule has 0 radical (unpaired) electrons. The lowest BCUT2D eigenvalue weighted by atomic mass is 10.1. The van der Waals surface area contributed by atoms with Crippen molar-refractivity contribution >= 4 is 34.3 Å². The number of nitrogens with zero attached hydrogens (tertiary/aromatic N) is 1. The van der Waals surface area contributed by atoms with E-state index in [1.807, 2.05) is 30.3 Å². The molecule has 0 fully saturated rings. The average Bonchev–Trinajstić information content (AvgIpc) is 3.11. The van der Waals surface area contributed by atoms with Crippen LogP contribution in [0.4, 0.5) is 0 Å². The molecule has 0 bridgehead atoms. The lowest BCUT2D eigenvalue weighted by molar-refractivity contribution is 0.284. The first-order valence-electron chi connectivity index (χ1n) is 10.4. The number of ether oxygens (including phenoxy) is 2. The quantitative estimate of drug-likeness (QED) is 0.395. The second-order valence-corrected chi connectivity index (χ2v) is 9.60. The summed E-state index contributed by atoms with van der Waals surface area (Å²) in [5, 5.41) is 9.02. The fraction of sp³-hybridized carbons (Fsp3) is 0.0800. The highest BCUT2D eigenvalue weighted by molar-refractivity contribution is 7.89. The smallest absolute Gasteiger partial charge is 0.279 e. The van der Waals surface area contributed by atoms with E-state index in [1.165, 1.54) is 36.1 Å². The summed E-state index contributed by atoms with van der Waals surface area (Å²) in [7, 11) is -2.33. The largest absolute Gasteiger partial charge is 0.493 e. The average molecular weight is 512 g/mol. The molecule has 8 nitrogen and oxygen atoms in total. The van der Waals surface area contributed by atoms with E-state index in [2.05, 4.69) is 11.7 Å². The summed E-state index contributed by atoms with van der Waals surface area (Å²) in [4.78, 5) is 13.0. The Morgan fingerprint density at radius 1 is 1.11 bits per heavy atom. The van der Waals surface area contributed by atoms with Crippen LogP contribution in [0.2, 0.25) is 5.02 Å². The van der Waals surface area contributed by atoms with Crippen molar-refractivity contribution in [1.29, 1.82) is 0 Å². The van der Waals surface area contributed by atoms with E-state index in [0.29, 0.717) is 44.9 Å². The van der Waals surface area contributed by atoms with Gasteiger partial charge < -0.3 is 9.47 Å². The summed E-state index contributed by atoms with van der Waals surface area (Å²) >= 11 is 6.49. The zero-order chi connectivity index (χ0) is 25.2. The third-order valence-corrected chi connectivity index (χ3v) is 6.43. The van der Waals surface area contributed by atoms with Crippen LogP contribution in [0.25, 0.3) is 18.3 Å². The van der Waals surface area contributed by atoms with Gasteiger partial charge in [0, 0.05) is 0 Å². The lowest BCUT2D eigenvalue weighted by Crippen LogP contribution is -2.34. The number of hydrogen-bond donors (Lipinski definition) is 2. The van der Waals surface area contributed by atoms with Gasteiger partial charge in [-0.05, 0) is 53.6 Å². The maximum atomic E-state index is 13.1. The molecule has 0 amide bonds. The van der Waals surface area contributed by atoms with Crippen LogP contribution in [-0.4, -0.2) is 25.3 Å². The van der Waals surface area contributed by atoms with E-state index in [4.69, 9.17) is 26.2 Å². The minimum atomic E-state index is -3.84. The molecule has 0 aliphatic carbocycles. The summed E-state index contributed by atoms with van der Waals surface area (Å²) in [5.41, 5.74) is 1.63. The number of nitrogens with one attached hydrogen (secondary N) is 1. The second-order valence-electron chi connectivity index (χ2n) is 7.64. The number of rotatable bonds is 7. The standard InChI is InChI=1S/C25H22ClN3O5S/c1-16-21(25(30)29(28-16)19-8-10-20(11-9-19)35(27,31)32)12-18-13-22(26)24(23(14-18)33-2)34-15-17-6-4-3-5-7-17/h3-14,28H,1,15H2,2H3,(H2,27,31,32)/b21-12-. The topological polar surface area (TPSA) is 116 Å². The molecule has 3 N–H and O–H groups in total. The Morgan fingerprint density at radius 2 is 1.80 bits per heavy atom. The van der Waals surface area contributed by atoms with Crippen LogP contribution in [0.3, 0.4) is 0 Å². The SMILES string of the molecule is C=c1[nH]n(-c2ccc(S(N)(=O)=O)cc2)c(=O)/c1=C\c1cc(Cl)c(OCc2ccccc2)c(OC)c1. The monoisotopic (exact) mass is 511 g/mol. The molecule has 3 aromatic carbocycles. The van der Waals surface area contributed by atoms with Gasteiger partial charge in [-0.2, -0.15) is 0 Å². The Kier molecular flexibility index (Phi) is 6.83. The van der Waals surface area contributed by atoms with Crippen LogP contribution in [0.5, 0.6) is 11.5 Å². The van der Waals surface area contributed by atoms with Crippen LogP contribution >= 0.6 is 11.6 Å². The summed E-state index contributed by atoms with van der Waals surface area (Å²) in [5.74, 6) is 0.811. The third kappa shape index (κ3) is 5.32. The van der Waals surface area contributed by atoms with Crippen LogP contribution in [0, 0.1) is 0 Å². The molecule has 0 aliphatic heterocycles. The number of primary sulfonamides is 1. The van der Waals surface area contributed by atoms with Crippen molar-refractivity contribution in [3.63, 3.8) is 0 Å². The highest BCUT2D eigenvalue weighted by Gasteiger charge is 2.13. The number of aromatic amines is 1. The molecule has 0 saturated heterocycles. The Bertz CT molecular complexity index is 1640. The summed E-state index contributed by atoms with van der Waals surface area (Å²) in [6, 6.07) is 18.6. The molecule has 1 heterocycles. The fourth-order valence-electron chi connectivity index (χ4n) is 3.47. The number of nitrogens with two attached hydrogens (primary N) is 1. The number of benzene rings is 3. The minimum absolute atomic E-state index is 0.0567. The van der Waals surface area contributed by atoms with Crippen molar-refractivity contribution < 1.29 is 17.9 Å². The summed E-state index contributed by atoms with van der Waals surface area (Å²) in [6.45, 7) is 4.23. The fourth-order valence-corrected chi connectivity index (χ4v) is 4.26. The van der Waals surface area contributed by atoms with Crippen molar-refractivity contribution in [3.05, 3.63) is 104 Å². The van der Waals surface area contributed by atoms with Crippen LogP contribution in [-0.2, 0) is 16.6 Å². The number of hydrogen-bond acceptors (Lipinski definition) is 5. The lowest BCUT2D eigenvalue weighted by Gasteiger charge is -2.13. The highest BCUT2D eigenvalue weighted by Crippen LogP contribution is 2.37. The van der Waals surface area contributed by atoms with E-state index >= 15 is 0 Å². The zero-order valence-electron chi connectivity index (χ0n) is 18.7. The number of H-pyrrole nitrogens is 1. The highest BCUT2D eigenvalue weighted by atomic mass is 35.5. The molecule has 180 valence electrons. The van der Waals surface area contributed by atoms with Gasteiger partial charge in [-0.25, -0.2) is 18.2 Å². The van der Waals surface area contributed by atoms with Gasteiger partial charge in [-0.1, -0.05) is 48.5 Å². The predicted octanol–water partition coefficient (Wildman–Crippen LogP) is 2.29. The molecule has 35 heavy (non-hydrogen) atoms. The molecular formula is C25H22ClN3O5S. The third-order valence-electron chi connectivity index (χ3n) is 5.22. The Morgan fingerprint density at radius 3 is 2.43 bits per heavy atom. The van der Waals surface area contributed by atoms with Gasteiger partial charge in [-0.15, -0.1) is 0 Å². The maximum Gasteiger partial charge on any atom is 0.279 e. The molecule has 0 unspecified atom stereocenters. The number of sulfonamides is 1. The van der Waals surface area contributed by atoms with Crippen molar-refractivity contribution in [1.82, 2.24) is 9.78 Å². The Labute approximate surface area is 206 Å². The minimum Gasteiger partial charge on any atom is -0.493 e. The van der Waals surface area contributed by atoms with E-state index in [-0.39, 0.29) is 10.5 Å². The van der Waals surface area contributed by atoms with Crippen LogP contribution < -0.4 is 30.7 Å². The van der Waals surface area contributed by atoms with E-state index < -0.39 is 10.0 Å². The Hall–Kier alpha value is -3.79. The molecular weight excluding hydrogens is 490 g/mol. The van der Waals surface area contributed by atoms with Gasteiger partial charge in [0.2, 0.25) is 10.0 Å². The van der Waals surface area contributed by atoms with Gasteiger partial charge in [0.25, 0.3) is 5.56 Å². The molecule has 0 spiro atoms. The van der Waals surface area contributed by atoms with E-state index in [0.717, 1.165) is 5.56 Å². The summed E-state index contributed by atoms with van der Waals surface area (Å²) < 4.78 is 35.6. The van der Waals surface area contributed by atoms with Gasteiger partial charge >= 0.3 is 0 Å². The van der Waals surface area contributed by atoms with Crippen molar-refractivity contribution in [3.8, 4) is 17.2 Å². The van der Waals surface area contributed by atoms with Gasteiger partial charge in [0.1, 0.15) is 6.61 Å². The van der Waals surface area contributed by atoms with Crippen LogP contribution in [0.15, 0.2) is 76.4 Å². The molecule has 1 aromatic heterocycles. The predicted molar refractivity (Wildman–Crippen MR) is 135 cm³/mol. The normalized spacial score (nSPS) is 12.0. The van der Waals surface area contributed by atoms with Gasteiger partial charge in [-0.3, -0.25) is 9.89 Å². The second kappa shape index (κ2) is 9.83. The molecule has 4 rings (SSSR count). The number of methoxy groups -OCH3 is 1. The Balaban J connectivity index is 1.69. The molecule has 10 heteroatoms. The van der Waals surface area contributed by atoms with E-state index in [1.54, 1.807) is 18.2 Å². The van der Waals surface area contributed by atoms with Crippen molar-refractivity contribution in [2.75, 3.05) is 7.11 Å². The molecule has 0 atom stereocenters. The van der Waals surface area contributed by atoms with Gasteiger partial charge in [0.05, 0.1) is 33.3 Å². The molecule has 4 aromatic rings. The van der Waals surface area contributed by atoms with Crippen molar-refractivity contribution in [2.45, 2.75) is 11.5 Å². The molecule has 0 aliphatic rings.